The highest BCUT2D eigenvalue weighted by atomic mass is 79.9. The maximum absolute atomic E-state index is 12.4. The highest BCUT2D eigenvalue weighted by Crippen LogP contribution is 2.21. The predicted molar refractivity (Wildman–Crippen MR) is 75.6 cm³/mol. The van der Waals surface area contributed by atoms with E-state index >= 15 is 0 Å². The van der Waals surface area contributed by atoms with Gasteiger partial charge in [0.2, 0.25) is 5.78 Å². The van der Waals surface area contributed by atoms with Crippen LogP contribution in [-0.4, -0.2) is 20.5 Å². The third kappa shape index (κ3) is 2.70. The Morgan fingerprint density at radius 2 is 2.11 bits per heavy atom. The summed E-state index contributed by atoms with van der Waals surface area (Å²) in [6.45, 7) is 2.76. The molecule has 0 radical (unpaired) electrons. The van der Waals surface area contributed by atoms with Gasteiger partial charge in [0.25, 0.3) is 0 Å². The van der Waals surface area contributed by atoms with Crippen LogP contribution in [0.2, 0.25) is 0 Å². The van der Waals surface area contributed by atoms with Gasteiger partial charge in [0, 0.05) is 29.0 Å². The van der Waals surface area contributed by atoms with Crippen molar-refractivity contribution in [3.8, 4) is 0 Å². The van der Waals surface area contributed by atoms with E-state index in [4.69, 9.17) is 0 Å². The molecule has 0 amide bonds. The maximum atomic E-state index is 12.4. The Hall–Kier alpha value is -1.01. The molecule has 0 aliphatic rings. The summed E-state index contributed by atoms with van der Waals surface area (Å²) in [4.78, 5) is 16.4. The SMILES string of the molecule is CCCn1ncc(Br)c1C(=O)c1cncc(Br)c1. The van der Waals surface area contributed by atoms with Gasteiger partial charge in [0.15, 0.2) is 0 Å². The van der Waals surface area contributed by atoms with Crippen molar-refractivity contribution in [2.24, 2.45) is 0 Å². The van der Waals surface area contributed by atoms with Crippen LogP contribution >= 0.6 is 31.9 Å². The lowest BCUT2D eigenvalue weighted by atomic mass is 10.1. The van der Waals surface area contributed by atoms with E-state index in [0.29, 0.717) is 22.3 Å². The zero-order valence-electron chi connectivity index (χ0n) is 9.73. The van der Waals surface area contributed by atoms with Gasteiger partial charge < -0.3 is 0 Å². The zero-order valence-corrected chi connectivity index (χ0v) is 12.9. The highest BCUT2D eigenvalue weighted by molar-refractivity contribution is 9.10. The molecule has 0 N–H and O–H groups in total. The van der Waals surface area contributed by atoms with Crippen molar-refractivity contribution in [3.05, 3.63) is 44.9 Å². The Morgan fingerprint density at radius 3 is 2.78 bits per heavy atom. The molecule has 0 aliphatic carbocycles. The fourth-order valence-corrected chi connectivity index (χ4v) is 2.48. The van der Waals surface area contributed by atoms with E-state index in [1.807, 2.05) is 6.92 Å². The lowest BCUT2D eigenvalue weighted by Crippen LogP contribution is -2.12. The van der Waals surface area contributed by atoms with Crippen LogP contribution in [0.25, 0.3) is 0 Å². The number of aromatic nitrogens is 3. The van der Waals surface area contributed by atoms with Crippen LogP contribution in [0.3, 0.4) is 0 Å². The molecular weight excluding hydrogens is 362 g/mol. The third-order valence-corrected chi connectivity index (χ3v) is 3.43. The van der Waals surface area contributed by atoms with Gasteiger partial charge in [-0.15, -0.1) is 0 Å². The van der Waals surface area contributed by atoms with E-state index in [-0.39, 0.29) is 5.78 Å². The number of aryl methyl sites for hydroxylation is 1. The van der Waals surface area contributed by atoms with Crippen molar-refractivity contribution in [3.63, 3.8) is 0 Å². The van der Waals surface area contributed by atoms with Crippen molar-refractivity contribution in [1.82, 2.24) is 14.8 Å². The zero-order chi connectivity index (χ0) is 13.1. The first-order valence-corrected chi connectivity index (χ1v) is 7.08. The standard InChI is InChI=1S/C12H11Br2N3O/c1-2-3-17-11(10(14)7-16-17)12(18)8-4-9(13)6-15-5-8/h4-7H,2-3H2,1H3. The Balaban J connectivity index is 2.42. The third-order valence-electron chi connectivity index (χ3n) is 2.41. The van der Waals surface area contributed by atoms with Crippen molar-refractivity contribution in [2.75, 3.05) is 0 Å². The van der Waals surface area contributed by atoms with Crippen molar-refractivity contribution < 1.29 is 4.79 Å². The molecule has 0 saturated carbocycles. The van der Waals surface area contributed by atoms with Gasteiger partial charge in [-0.3, -0.25) is 14.5 Å². The average molecular weight is 373 g/mol. The van der Waals surface area contributed by atoms with E-state index in [9.17, 15) is 4.79 Å². The first-order chi connectivity index (χ1) is 8.63. The van der Waals surface area contributed by atoms with Crippen molar-refractivity contribution in [1.29, 1.82) is 0 Å². The first kappa shape index (κ1) is 13.4. The fourth-order valence-electron chi connectivity index (χ4n) is 1.64. The molecular formula is C12H11Br2N3O. The van der Waals surface area contributed by atoms with Crippen LogP contribution in [0.15, 0.2) is 33.6 Å². The first-order valence-electron chi connectivity index (χ1n) is 5.50. The fraction of sp³-hybridized carbons (Fsp3) is 0.250. The van der Waals surface area contributed by atoms with Gasteiger partial charge in [-0.2, -0.15) is 5.10 Å². The lowest BCUT2D eigenvalue weighted by Gasteiger charge is -2.06. The second-order valence-electron chi connectivity index (χ2n) is 3.79. The largest absolute Gasteiger partial charge is 0.287 e. The Labute approximate surface area is 122 Å². The number of rotatable bonds is 4. The van der Waals surface area contributed by atoms with Gasteiger partial charge >= 0.3 is 0 Å². The summed E-state index contributed by atoms with van der Waals surface area (Å²) in [6.07, 6.45) is 5.78. The van der Waals surface area contributed by atoms with Gasteiger partial charge in [-0.1, -0.05) is 6.92 Å². The molecule has 0 bridgehead atoms. The molecule has 0 unspecified atom stereocenters. The number of hydrogen-bond acceptors (Lipinski definition) is 3. The smallest absolute Gasteiger partial charge is 0.213 e. The normalized spacial score (nSPS) is 10.6. The quantitative estimate of drug-likeness (QED) is 0.772. The molecule has 2 aromatic rings. The molecule has 0 spiro atoms. The summed E-state index contributed by atoms with van der Waals surface area (Å²) in [5.74, 6) is -0.0818. The van der Waals surface area contributed by atoms with Gasteiger partial charge in [0.05, 0.1) is 10.7 Å². The molecule has 2 rings (SSSR count). The molecule has 0 atom stereocenters. The number of halogens is 2. The predicted octanol–water partition coefficient (Wildman–Crippen LogP) is 3.44. The number of ketones is 1. The number of carbonyl (C=O) groups is 1. The van der Waals surface area contributed by atoms with Gasteiger partial charge in [-0.25, -0.2) is 0 Å². The second-order valence-corrected chi connectivity index (χ2v) is 5.56. The molecule has 2 heterocycles. The Kier molecular flexibility index (Phi) is 4.29. The van der Waals surface area contributed by atoms with Crippen molar-refractivity contribution in [2.45, 2.75) is 19.9 Å². The minimum absolute atomic E-state index is 0.0818. The highest BCUT2D eigenvalue weighted by Gasteiger charge is 2.19. The van der Waals surface area contributed by atoms with E-state index in [1.165, 1.54) is 0 Å². The summed E-state index contributed by atoms with van der Waals surface area (Å²) in [7, 11) is 0. The van der Waals surface area contributed by atoms with Gasteiger partial charge in [-0.05, 0) is 44.3 Å². The van der Waals surface area contributed by atoms with E-state index in [1.54, 1.807) is 29.3 Å². The second kappa shape index (κ2) is 5.75. The number of carbonyl (C=O) groups excluding carboxylic acids is 1. The molecule has 4 nitrogen and oxygen atoms in total. The molecule has 0 saturated heterocycles. The number of nitrogens with zero attached hydrogens (tertiary/aromatic N) is 3. The molecule has 6 heteroatoms. The van der Waals surface area contributed by atoms with Crippen LogP contribution in [0.1, 0.15) is 29.4 Å². The monoisotopic (exact) mass is 371 g/mol. The topological polar surface area (TPSA) is 47.8 Å². The van der Waals surface area contributed by atoms with E-state index in [2.05, 4.69) is 41.9 Å². The van der Waals surface area contributed by atoms with Crippen molar-refractivity contribution >= 4 is 37.6 Å². The van der Waals surface area contributed by atoms with Crippen LogP contribution < -0.4 is 0 Å². The van der Waals surface area contributed by atoms with E-state index in [0.717, 1.165) is 10.9 Å². The Morgan fingerprint density at radius 1 is 1.33 bits per heavy atom. The molecule has 18 heavy (non-hydrogen) atoms. The summed E-state index contributed by atoms with van der Waals surface area (Å²) in [5.41, 5.74) is 1.11. The summed E-state index contributed by atoms with van der Waals surface area (Å²) in [6, 6.07) is 1.76. The molecule has 0 aromatic carbocycles. The lowest BCUT2D eigenvalue weighted by molar-refractivity contribution is 0.102. The van der Waals surface area contributed by atoms with E-state index < -0.39 is 0 Å². The van der Waals surface area contributed by atoms with Gasteiger partial charge in [0.1, 0.15) is 5.69 Å². The molecule has 0 aliphatic heterocycles. The number of pyridine rings is 1. The summed E-state index contributed by atoms with van der Waals surface area (Å²) < 4.78 is 3.21. The Bertz CT molecular complexity index is 580. The number of hydrogen-bond donors (Lipinski definition) is 0. The van der Waals surface area contributed by atoms with Crippen LogP contribution in [0.4, 0.5) is 0 Å². The maximum Gasteiger partial charge on any atom is 0.213 e. The summed E-state index contributed by atoms with van der Waals surface area (Å²) >= 11 is 6.68. The molecule has 0 fully saturated rings. The minimum Gasteiger partial charge on any atom is -0.287 e. The van der Waals surface area contributed by atoms with Crippen LogP contribution in [0.5, 0.6) is 0 Å². The molecule has 2 aromatic heterocycles. The van der Waals surface area contributed by atoms with Crippen LogP contribution in [0, 0.1) is 0 Å². The minimum atomic E-state index is -0.0818. The average Bonchev–Trinajstić information content (AvgIpc) is 2.70. The van der Waals surface area contributed by atoms with Crippen LogP contribution in [-0.2, 0) is 6.54 Å². The molecule has 94 valence electrons. The summed E-state index contributed by atoms with van der Waals surface area (Å²) in [5, 5.41) is 4.19.